The van der Waals surface area contributed by atoms with Crippen molar-refractivity contribution in [2.75, 3.05) is 6.54 Å². The van der Waals surface area contributed by atoms with Crippen LogP contribution < -0.4 is 5.32 Å². The Balaban J connectivity index is 1.81. The zero-order valence-corrected chi connectivity index (χ0v) is 12.2. The van der Waals surface area contributed by atoms with Gasteiger partial charge in [-0.25, -0.2) is 9.78 Å². The Morgan fingerprint density at radius 2 is 2.21 bits per heavy atom. The highest BCUT2D eigenvalue weighted by molar-refractivity contribution is 5.67. The van der Waals surface area contributed by atoms with Crippen LogP contribution in [0.5, 0.6) is 0 Å². The van der Waals surface area contributed by atoms with Gasteiger partial charge in [-0.2, -0.15) is 0 Å². The summed E-state index contributed by atoms with van der Waals surface area (Å²) >= 11 is 0. The first-order valence-electron chi connectivity index (χ1n) is 6.86. The van der Waals surface area contributed by atoms with Crippen molar-refractivity contribution in [2.45, 2.75) is 58.6 Å². The summed E-state index contributed by atoms with van der Waals surface area (Å²) in [5, 5.41) is 2.77. The van der Waals surface area contributed by atoms with Crippen LogP contribution >= 0.6 is 0 Å². The summed E-state index contributed by atoms with van der Waals surface area (Å²) in [7, 11) is 0. The molecule has 0 aromatic carbocycles. The molecule has 0 atom stereocenters. The second kappa shape index (κ2) is 5.23. The van der Waals surface area contributed by atoms with Crippen LogP contribution in [0, 0.1) is 6.92 Å². The first-order valence-corrected chi connectivity index (χ1v) is 6.86. The molecule has 5 nitrogen and oxygen atoms in total. The van der Waals surface area contributed by atoms with Crippen molar-refractivity contribution in [3.05, 3.63) is 17.7 Å². The number of rotatable bonds is 4. The molecular formula is C14H23N3O2. The first-order chi connectivity index (χ1) is 8.85. The van der Waals surface area contributed by atoms with Gasteiger partial charge in [0.05, 0.1) is 5.69 Å². The van der Waals surface area contributed by atoms with Crippen molar-refractivity contribution in [3.8, 4) is 0 Å². The minimum absolute atomic E-state index is 0.364. The van der Waals surface area contributed by atoms with Crippen LogP contribution in [0.3, 0.4) is 0 Å². The normalized spacial score (nSPS) is 15.4. The number of ether oxygens (including phenoxy) is 1. The smallest absolute Gasteiger partial charge is 0.407 e. The number of aryl methyl sites for hydroxylation is 1. The largest absolute Gasteiger partial charge is 0.444 e. The van der Waals surface area contributed by atoms with Gasteiger partial charge in [-0.1, -0.05) is 0 Å². The van der Waals surface area contributed by atoms with E-state index in [0.29, 0.717) is 12.5 Å². The second-order valence-electron chi connectivity index (χ2n) is 6.14. The predicted octanol–water partition coefficient (Wildman–Crippen LogP) is 2.59. The van der Waals surface area contributed by atoms with Crippen LogP contribution in [-0.2, 0) is 11.3 Å². The average molecular weight is 265 g/mol. The lowest BCUT2D eigenvalue weighted by molar-refractivity contribution is 0.0526. The van der Waals surface area contributed by atoms with Crippen LogP contribution in [-0.4, -0.2) is 27.8 Å². The first kappa shape index (κ1) is 13.9. The molecule has 0 unspecified atom stereocenters. The lowest BCUT2D eigenvalue weighted by atomic mass is 10.2. The van der Waals surface area contributed by atoms with E-state index in [1.165, 1.54) is 12.8 Å². The average Bonchev–Trinajstić information content (AvgIpc) is 3.01. The molecule has 1 aromatic rings. The number of nitrogens with one attached hydrogen (secondary N) is 1. The minimum Gasteiger partial charge on any atom is -0.444 e. The van der Waals surface area contributed by atoms with Crippen molar-refractivity contribution in [3.63, 3.8) is 0 Å². The number of carbonyl (C=O) groups excluding carboxylic acids is 1. The number of alkyl carbamates (subject to hydrolysis) is 1. The number of hydrogen-bond donors (Lipinski definition) is 1. The molecule has 1 aliphatic carbocycles. The molecule has 1 fully saturated rings. The fourth-order valence-corrected chi connectivity index (χ4v) is 2.00. The van der Waals surface area contributed by atoms with Gasteiger partial charge in [0.15, 0.2) is 0 Å². The minimum atomic E-state index is -0.450. The second-order valence-corrected chi connectivity index (χ2v) is 6.14. The summed E-state index contributed by atoms with van der Waals surface area (Å²) in [6, 6.07) is 0. The van der Waals surface area contributed by atoms with Gasteiger partial charge in [0.2, 0.25) is 0 Å². The van der Waals surface area contributed by atoms with Crippen molar-refractivity contribution in [1.29, 1.82) is 0 Å². The molecule has 1 N–H and O–H groups in total. The summed E-state index contributed by atoms with van der Waals surface area (Å²) in [5.41, 5.74) is 0.591. The van der Waals surface area contributed by atoms with Crippen molar-refractivity contribution in [1.82, 2.24) is 14.9 Å². The van der Waals surface area contributed by atoms with Crippen LogP contribution in [0.25, 0.3) is 0 Å². The summed E-state index contributed by atoms with van der Waals surface area (Å²) in [5.74, 6) is 1.78. The number of carbonyl (C=O) groups is 1. The van der Waals surface area contributed by atoms with E-state index in [-0.39, 0.29) is 6.09 Å². The number of amides is 1. The zero-order valence-electron chi connectivity index (χ0n) is 12.2. The lowest BCUT2D eigenvalue weighted by Gasteiger charge is -2.19. The Morgan fingerprint density at radius 3 is 2.79 bits per heavy atom. The highest BCUT2D eigenvalue weighted by atomic mass is 16.6. The molecule has 2 rings (SSSR count). The topological polar surface area (TPSA) is 56.2 Å². The SMILES string of the molecule is Cc1cn(CCNC(=O)OC(C)(C)C)c(C2CC2)n1. The molecule has 1 heterocycles. The number of aromatic nitrogens is 2. The maximum Gasteiger partial charge on any atom is 0.407 e. The summed E-state index contributed by atoms with van der Waals surface area (Å²) in [6.45, 7) is 8.88. The van der Waals surface area contributed by atoms with Gasteiger partial charge in [-0.3, -0.25) is 0 Å². The standard InChI is InChI=1S/C14H23N3O2/c1-10-9-17(12(16-10)11-5-6-11)8-7-15-13(18)19-14(2,3)4/h9,11H,5-8H2,1-4H3,(H,15,18). The Kier molecular flexibility index (Phi) is 3.83. The third-order valence-corrected chi connectivity index (χ3v) is 2.89. The quantitative estimate of drug-likeness (QED) is 0.910. The maximum absolute atomic E-state index is 11.5. The lowest BCUT2D eigenvalue weighted by Crippen LogP contribution is -2.34. The van der Waals surface area contributed by atoms with E-state index in [9.17, 15) is 4.79 Å². The van der Waals surface area contributed by atoms with E-state index >= 15 is 0 Å². The summed E-state index contributed by atoms with van der Waals surface area (Å²) < 4.78 is 7.34. The number of imidazole rings is 1. The number of hydrogen-bond acceptors (Lipinski definition) is 3. The molecule has 0 bridgehead atoms. The van der Waals surface area contributed by atoms with Gasteiger partial charge in [0.1, 0.15) is 11.4 Å². The van der Waals surface area contributed by atoms with E-state index < -0.39 is 5.60 Å². The van der Waals surface area contributed by atoms with E-state index in [1.54, 1.807) is 0 Å². The van der Waals surface area contributed by atoms with Gasteiger partial charge >= 0.3 is 6.09 Å². The maximum atomic E-state index is 11.5. The fraction of sp³-hybridized carbons (Fsp3) is 0.714. The van der Waals surface area contributed by atoms with Crippen molar-refractivity contribution >= 4 is 6.09 Å². The number of nitrogens with zero attached hydrogens (tertiary/aromatic N) is 2. The Morgan fingerprint density at radius 1 is 1.53 bits per heavy atom. The molecule has 1 aromatic heterocycles. The van der Waals surface area contributed by atoms with Crippen molar-refractivity contribution < 1.29 is 9.53 Å². The molecule has 0 spiro atoms. The van der Waals surface area contributed by atoms with Gasteiger partial charge in [-0.15, -0.1) is 0 Å². The summed E-state index contributed by atoms with van der Waals surface area (Å²) in [4.78, 5) is 16.1. The van der Waals surface area contributed by atoms with E-state index in [2.05, 4.69) is 14.9 Å². The van der Waals surface area contributed by atoms with E-state index in [0.717, 1.165) is 18.1 Å². The third kappa shape index (κ3) is 4.26. The van der Waals surface area contributed by atoms with Gasteiger partial charge in [0.25, 0.3) is 0 Å². The van der Waals surface area contributed by atoms with Crippen LogP contribution in [0.4, 0.5) is 4.79 Å². The summed E-state index contributed by atoms with van der Waals surface area (Å²) in [6.07, 6.45) is 4.15. The van der Waals surface area contributed by atoms with Gasteiger partial charge in [-0.05, 0) is 40.5 Å². The highest BCUT2D eigenvalue weighted by Gasteiger charge is 2.28. The molecule has 1 amide bonds. The van der Waals surface area contributed by atoms with Crippen LogP contribution in [0.15, 0.2) is 6.20 Å². The zero-order chi connectivity index (χ0) is 14.0. The van der Waals surface area contributed by atoms with Gasteiger partial charge in [0, 0.05) is 25.2 Å². The molecule has 5 heteroatoms. The molecular weight excluding hydrogens is 242 g/mol. The predicted molar refractivity (Wildman–Crippen MR) is 73.2 cm³/mol. The molecule has 0 aliphatic heterocycles. The fourth-order valence-electron chi connectivity index (χ4n) is 2.00. The highest BCUT2D eigenvalue weighted by Crippen LogP contribution is 2.39. The molecule has 1 saturated carbocycles. The molecule has 106 valence electrons. The molecule has 19 heavy (non-hydrogen) atoms. The van der Waals surface area contributed by atoms with Crippen LogP contribution in [0.1, 0.15) is 51.0 Å². The van der Waals surface area contributed by atoms with E-state index in [4.69, 9.17) is 4.74 Å². The van der Waals surface area contributed by atoms with Gasteiger partial charge < -0.3 is 14.6 Å². The Bertz CT molecular complexity index is 456. The van der Waals surface area contributed by atoms with E-state index in [1.807, 2.05) is 33.9 Å². The third-order valence-electron chi connectivity index (χ3n) is 2.89. The van der Waals surface area contributed by atoms with Crippen LogP contribution in [0.2, 0.25) is 0 Å². The Hall–Kier alpha value is -1.52. The molecule has 1 aliphatic rings. The molecule has 0 saturated heterocycles. The monoisotopic (exact) mass is 265 g/mol. The van der Waals surface area contributed by atoms with Crippen molar-refractivity contribution in [2.24, 2.45) is 0 Å². The Labute approximate surface area is 114 Å². The molecule has 0 radical (unpaired) electrons.